The Kier molecular flexibility index (Phi) is 3.04. The third-order valence-electron chi connectivity index (χ3n) is 2.78. The van der Waals surface area contributed by atoms with E-state index < -0.39 is 11.2 Å². The van der Waals surface area contributed by atoms with E-state index >= 15 is 0 Å². The van der Waals surface area contributed by atoms with Crippen molar-refractivity contribution in [3.05, 3.63) is 20.8 Å². The Hall–Kier alpha value is -1.63. The molecule has 1 fully saturated rings. The van der Waals surface area contributed by atoms with E-state index in [1.54, 1.807) is 0 Å². The van der Waals surface area contributed by atoms with Gasteiger partial charge < -0.3 is 10.2 Å². The summed E-state index contributed by atoms with van der Waals surface area (Å²) in [7, 11) is 1.88. The molecule has 0 amide bonds. The van der Waals surface area contributed by atoms with E-state index in [9.17, 15) is 9.59 Å². The average Bonchev–Trinajstić information content (AvgIpc) is 2.67. The fraction of sp³-hybridized carbons (Fsp3) is 0.667. The van der Waals surface area contributed by atoms with E-state index in [1.165, 1.54) is 0 Å². The molecule has 1 aliphatic heterocycles. The lowest BCUT2D eigenvalue weighted by molar-refractivity contribution is 0.606. The number of anilines is 1. The van der Waals surface area contributed by atoms with Gasteiger partial charge in [-0.1, -0.05) is 0 Å². The van der Waals surface area contributed by atoms with Crippen LogP contribution in [0.1, 0.15) is 12.8 Å². The van der Waals surface area contributed by atoms with Crippen molar-refractivity contribution in [1.82, 2.24) is 20.5 Å². The second-order valence-electron chi connectivity index (χ2n) is 3.88. The lowest BCUT2D eigenvalue weighted by atomic mass is 10.2. The molecule has 1 aliphatic rings. The van der Waals surface area contributed by atoms with Crippen molar-refractivity contribution in [1.29, 1.82) is 0 Å². The Morgan fingerprint density at radius 1 is 1.56 bits per heavy atom. The smallest absolute Gasteiger partial charge is 0.342 e. The van der Waals surface area contributed by atoms with Crippen LogP contribution in [-0.2, 0) is 0 Å². The molecule has 0 aromatic carbocycles. The van der Waals surface area contributed by atoms with E-state index in [0.29, 0.717) is 5.82 Å². The van der Waals surface area contributed by atoms with Crippen molar-refractivity contribution in [2.24, 2.45) is 0 Å². The molecule has 0 aliphatic carbocycles. The molecule has 1 saturated heterocycles. The second kappa shape index (κ2) is 4.48. The van der Waals surface area contributed by atoms with E-state index in [0.717, 1.165) is 25.9 Å². The Bertz CT molecular complexity index is 465. The standard InChI is InChI=1S/C9H15N5O2/c1-10-5-6-3-2-4-14(6)7-8(15)11-9(16)13-12-7/h6,10H,2-5H2,1H3,(H2,11,13,15,16). The van der Waals surface area contributed by atoms with Crippen molar-refractivity contribution in [2.45, 2.75) is 18.9 Å². The first-order valence-electron chi connectivity index (χ1n) is 5.32. The van der Waals surface area contributed by atoms with Crippen molar-refractivity contribution in [3.8, 4) is 0 Å². The van der Waals surface area contributed by atoms with Crippen molar-refractivity contribution >= 4 is 5.82 Å². The van der Waals surface area contributed by atoms with E-state index in [4.69, 9.17) is 0 Å². The number of H-pyrrole nitrogens is 2. The van der Waals surface area contributed by atoms with Crippen LogP contribution in [0, 0.1) is 0 Å². The molecule has 0 bridgehead atoms. The molecule has 3 N–H and O–H groups in total. The van der Waals surface area contributed by atoms with Gasteiger partial charge in [-0.3, -0.25) is 9.78 Å². The molecule has 0 spiro atoms. The Morgan fingerprint density at radius 2 is 2.38 bits per heavy atom. The highest BCUT2D eigenvalue weighted by Crippen LogP contribution is 2.19. The van der Waals surface area contributed by atoms with Gasteiger partial charge in [0.1, 0.15) is 0 Å². The average molecular weight is 225 g/mol. The van der Waals surface area contributed by atoms with Crippen LogP contribution in [0.3, 0.4) is 0 Å². The molecule has 16 heavy (non-hydrogen) atoms. The van der Waals surface area contributed by atoms with Crippen LogP contribution >= 0.6 is 0 Å². The molecule has 2 heterocycles. The monoisotopic (exact) mass is 225 g/mol. The minimum Gasteiger partial charge on any atom is -0.346 e. The van der Waals surface area contributed by atoms with Crippen molar-refractivity contribution < 1.29 is 0 Å². The highest BCUT2D eigenvalue weighted by atomic mass is 16.2. The molecule has 1 aromatic heterocycles. The summed E-state index contributed by atoms with van der Waals surface area (Å²) in [5, 5.41) is 9.15. The van der Waals surface area contributed by atoms with E-state index in [-0.39, 0.29) is 6.04 Å². The zero-order valence-corrected chi connectivity index (χ0v) is 9.12. The molecular formula is C9H15N5O2. The van der Waals surface area contributed by atoms with Gasteiger partial charge in [-0.2, -0.15) is 0 Å². The fourth-order valence-electron chi connectivity index (χ4n) is 2.10. The summed E-state index contributed by atoms with van der Waals surface area (Å²) < 4.78 is 0. The predicted molar refractivity (Wildman–Crippen MR) is 59.8 cm³/mol. The van der Waals surface area contributed by atoms with Gasteiger partial charge in [-0.05, 0) is 19.9 Å². The summed E-state index contributed by atoms with van der Waals surface area (Å²) in [6, 6.07) is 0.268. The van der Waals surface area contributed by atoms with Crippen LogP contribution in [0.5, 0.6) is 0 Å². The fourth-order valence-corrected chi connectivity index (χ4v) is 2.10. The van der Waals surface area contributed by atoms with Crippen LogP contribution in [0.25, 0.3) is 0 Å². The lowest BCUT2D eigenvalue weighted by Crippen LogP contribution is -2.41. The Labute approximate surface area is 91.9 Å². The van der Waals surface area contributed by atoms with E-state index in [2.05, 4.69) is 20.5 Å². The highest BCUT2D eigenvalue weighted by Gasteiger charge is 2.27. The van der Waals surface area contributed by atoms with Crippen LogP contribution in [0.2, 0.25) is 0 Å². The number of nitrogens with zero attached hydrogens (tertiary/aromatic N) is 2. The minimum atomic E-state index is -0.571. The second-order valence-corrected chi connectivity index (χ2v) is 3.88. The van der Waals surface area contributed by atoms with Gasteiger partial charge in [0, 0.05) is 19.1 Å². The summed E-state index contributed by atoms with van der Waals surface area (Å²) in [5.41, 5.74) is -0.995. The van der Waals surface area contributed by atoms with Gasteiger partial charge in [-0.25, -0.2) is 9.89 Å². The number of nitrogens with one attached hydrogen (secondary N) is 3. The van der Waals surface area contributed by atoms with Gasteiger partial charge in [0.2, 0.25) is 5.82 Å². The molecule has 7 heteroatoms. The topological polar surface area (TPSA) is 93.9 Å². The van der Waals surface area contributed by atoms with Gasteiger partial charge in [0.15, 0.2) is 0 Å². The Morgan fingerprint density at radius 3 is 3.06 bits per heavy atom. The molecule has 88 valence electrons. The lowest BCUT2D eigenvalue weighted by Gasteiger charge is -2.23. The van der Waals surface area contributed by atoms with Crippen molar-refractivity contribution in [3.63, 3.8) is 0 Å². The van der Waals surface area contributed by atoms with Gasteiger partial charge in [-0.15, -0.1) is 5.10 Å². The maximum absolute atomic E-state index is 11.6. The Balaban J connectivity index is 2.29. The summed E-state index contributed by atoms with van der Waals surface area (Å²) in [6.07, 6.45) is 2.06. The highest BCUT2D eigenvalue weighted by molar-refractivity contribution is 5.37. The zero-order chi connectivity index (χ0) is 11.5. The molecular weight excluding hydrogens is 210 g/mol. The number of aromatic amines is 2. The molecule has 7 nitrogen and oxygen atoms in total. The SMILES string of the molecule is CNCC1CCCN1c1n[nH]c(=O)[nH]c1=O. The first kappa shape index (κ1) is 10.9. The quantitative estimate of drug-likeness (QED) is 0.591. The third-order valence-corrected chi connectivity index (χ3v) is 2.78. The molecule has 1 atom stereocenters. The van der Waals surface area contributed by atoms with Crippen molar-refractivity contribution in [2.75, 3.05) is 25.0 Å². The summed E-state index contributed by atoms with van der Waals surface area (Å²) in [6.45, 7) is 1.61. The summed E-state index contributed by atoms with van der Waals surface area (Å²) >= 11 is 0. The molecule has 1 aromatic rings. The number of aromatic nitrogens is 3. The van der Waals surface area contributed by atoms with Crippen LogP contribution in [0.15, 0.2) is 9.59 Å². The zero-order valence-electron chi connectivity index (χ0n) is 9.12. The number of rotatable bonds is 3. The van der Waals surface area contributed by atoms with Gasteiger partial charge in [0.25, 0.3) is 5.56 Å². The number of hydrogen-bond acceptors (Lipinski definition) is 5. The predicted octanol–water partition coefficient (Wildman–Crippen LogP) is -1.35. The van der Waals surface area contributed by atoms with Crippen LogP contribution < -0.4 is 21.5 Å². The third kappa shape index (κ3) is 1.99. The first-order chi connectivity index (χ1) is 7.72. The number of hydrogen-bond donors (Lipinski definition) is 3. The maximum Gasteiger partial charge on any atom is 0.342 e. The van der Waals surface area contributed by atoms with Crippen LogP contribution in [-0.4, -0.2) is 41.4 Å². The molecule has 1 unspecified atom stereocenters. The number of likely N-dealkylation sites (N-methyl/N-ethyl adjacent to an activating group) is 1. The van der Waals surface area contributed by atoms with Gasteiger partial charge >= 0.3 is 5.69 Å². The summed E-state index contributed by atoms with van der Waals surface area (Å²) in [5.74, 6) is 0.303. The van der Waals surface area contributed by atoms with Gasteiger partial charge in [0.05, 0.1) is 0 Å². The maximum atomic E-state index is 11.6. The largest absolute Gasteiger partial charge is 0.346 e. The molecule has 2 rings (SSSR count). The van der Waals surface area contributed by atoms with Crippen LogP contribution in [0.4, 0.5) is 5.82 Å². The minimum absolute atomic E-state index is 0.268. The normalized spacial score (nSPS) is 20.3. The molecule has 0 saturated carbocycles. The first-order valence-corrected chi connectivity index (χ1v) is 5.32. The van der Waals surface area contributed by atoms with E-state index in [1.807, 2.05) is 11.9 Å². The molecule has 0 radical (unpaired) electrons. The summed E-state index contributed by atoms with van der Waals surface area (Å²) in [4.78, 5) is 26.6.